The number of nitrogens with one attached hydrogen (secondary N) is 2. The van der Waals surface area contributed by atoms with Gasteiger partial charge in [0, 0.05) is 6.54 Å². The van der Waals surface area contributed by atoms with Crippen molar-refractivity contribution in [3.8, 4) is 0 Å². The van der Waals surface area contributed by atoms with Gasteiger partial charge in [-0.05, 0) is 37.0 Å². The highest BCUT2D eigenvalue weighted by Gasteiger charge is 2.39. The van der Waals surface area contributed by atoms with E-state index in [1.807, 2.05) is 0 Å². The fourth-order valence-corrected chi connectivity index (χ4v) is 3.46. The summed E-state index contributed by atoms with van der Waals surface area (Å²) in [6.07, 6.45) is 4.53. The van der Waals surface area contributed by atoms with E-state index in [0.717, 1.165) is 12.3 Å². The van der Waals surface area contributed by atoms with E-state index < -0.39 is 30.4 Å². The number of hydrogen-bond acceptors (Lipinski definition) is 3. The molecule has 112 valence electrons. The second kappa shape index (κ2) is 6.11. The van der Waals surface area contributed by atoms with Crippen LogP contribution < -0.4 is 16.4 Å². The SMILES string of the molecule is NC(=O)C[C@@H](NC(=O)NCC1CC2CCC1C2)C(=O)O. The standard InChI is InChI=1S/C13H21N3O4/c14-11(17)5-10(12(18)19)16-13(20)15-6-9-4-7-1-2-8(9)3-7/h7-10H,1-6H2,(H2,14,17)(H,18,19)(H2,15,16,20)/t7?,8?,9?,10-/m1/s1. The molecule has 0 saturated heterocycles. The molecular formula is C13H21N3O4. The largest absolute Gasteiger partial charge is 0.480 e. The van der Waals surface area contributed by atoms with Crippen molar-refractivity contribution in [2.75, 3.05) is 6.54 Å². The Bertz CT molecular complexity index is 412. The molecule has 0 aromatic rings. The lowest BCUT2D eigenvalue weighted by molar-refractivity contribution is -0.140. The molecule has 3 amide bonds. The highest BCUT2D eigenvalue weighted by Crippen LogP contribution is 2.47. The molecule has 2 fully saturated rings. The van der Waals surface area contributed by atoms with Crippen LogP contribution in [0.25, 0.3) is 0 Å². The summed E-state index contributed by atoms with van der Waals surface area (Å²) in [4.78, 5) is 33.3. The number of carboxylic acid groups (broad SMARTS) is 1. The van der Waals surface area contributed by atoms with Gasteiger partial charge in [-0.1, -0.05) is 6.42 Å². The Labute approximate surface area is 117 Å². The van der Waals surface area contributed by atoms with Crippen LogP contribution in [0, 0.1) is 17.8 Å². The van der Waals surface area contributed by atoms with Gasteiger partial charge in [-0.15, -0.1) is 0 Å². The number of rotatable bonds is 6. The molecule has 2 aliphatic carbocycles. The number of primary amides is 1. The number of carboxylic acids is 1. The van der Waals surface area contributed by atoms with Crippen molar-refractivity contribution in [2.45, 2.75) is 38.1 Å². The van der Waals surface area contributed by atoms with Gasteiger partial charge >= 0.3 is 12.0 Å². The average Bonchev–Trinajstić information content (AvgIpc) is 2.97. The molecule has 0 spiro atoms. The second-order valence-corrected chi connectivity index (χ2v) is 5.85. The third-order valence-electron chi connectivity index (χ3n) is 4.42. The minimum absolute atomic E-state index is 0.406. The fraction of sp³-hybridized carbons (Fsp3) is 0.769. The molecule has 0 heterocycles. The molecule has 7 heteroatoms. The molecule has 20 heavy (non-hydrogen) atoms. The van der Waals surface area contributed by atoms with Crippen molar-refractivity contribution in [3.63, 3.8) is 0 Å². The number of carbonyl (C=O) groups is 3. The Morgan fingerprint density at radius 1 is 1.25 bits per heavy atom. The molecule has 3 unspecified atom stereocenters. The number of urea groups is 1. The van der Waals surface area contributed by atoms with Crippen molar-refractivity contribution in [2.24, 2.45) is 23.5 Å². The van der Waals surface area contributed by atoms with E-state index in [2.05, 4.69) is 10.6 Å². The van der Waals surface area contributed by atoms with Gasteiger partial charge in [-0.3, -0.25) is 4.79 Å². The Balaban J connectivity index is 1.74. The van der Waals surface area contributed by atoms with E-state index in [4.69, 9.17) is 10.8 Å². The topological polar surface area (TPSA) is 122 Å². The van der Waals surface area contributed by atoms with Crippen LogP contribution in [0.4, 0.5) is 4.79 Å². The molecule has 0 aliphatic heterocycles. The summed E-state index contributed by atoms with van der Waals surface area (Å²) in [7, 11) is 0. The van der Waals surface area contributed by atoms with Crippen LogP contribution in [0.2, 0.25) is 0 Å². The van der Waals surface area contributed by atoms with Crippen LogP contribution in [-0.2, 0) is 9.59 Å². The minimum Gasteiger partial charge on any atom is -0.480 e. The van der Waals surface area contributed by atoms with Gasteiger partial charge in [0.1, 0.15) is 6.04 Å². The lowest BCUT2D eigenvalue weighted by atomic mass is 9.89. The van der Waals surface area contributed by atoms with E-state index in [0.29, 0.717) is 18.4 Å². The third kappa shape index (κ3) is 3.61. The molecule has 4 atom stereocenters. The Hall–Kier alpha value is -1.79. The first-order valence-electron chi connectivity index (χ1n) is 7.01. The van der Waals surface area contributed by atoms with Crippen LogP contribution >= 0.6 is 0 Å². The molecule has 7 nitrogen and oxygen atoms in total. The predicted octanol–water partition coefficient (Wildman–Crippen LogP) is 0.0504. The summed E-state index contributed by atoms with van der Waals surface area (Å²) in [6, 6.07) is -1.83. The summed E-state index contributed by atoms with van der Waals surface area (Å²) in [6.45, 7) is 0.565. The van der Waals surface area contributed by atoms with Gasteiger partial charge in [0.25, 0.3) is 0 Å². The van der Waals surface area contributed by atoms with Crippen LogP contribution in [0.1, 0.15) is 32.1 Å². The highest BCUT2D eigenvalue weighted by atomic mass is 16.4. The van der Waals surface area contributed by atoms with Crippen LogP contribution in [0.3, 0.4) is 0 Å². The number of fused-ring (bicyclic) bond motifs is 2. The normalized spacial score (nSPS) is 28.9. The average molecular weight is 283 g/mol. The summed E-state index contributed by atoms with van der Waals surface area (Å²) >= 11 is 0. The molecule has 2 saturated carbocycles. The number of amides is 3. The zero-order valence-corrected chi connectivity index (χ0v) is 11.3. The maximum atomic E-state index is 11.7. The second-order valence-electron chi connectivity index (χ2n) is 5.85. The van der Waals surface area contributed by atoms with Gasteiger partial charge in [-0.25, -0.2) is 9.59 Å². The molecule has 0 radical (unpaired) electrons. The number of nitrogens with two attached hydrogens (primary N) is 1. The quantitative estimate of drug-likeness (QED) is 0.550. The van der Waals surface area contributed by atoms with Gasteiger partial charge in [0.2, 0.25) is 5.91 Å². The molecule has 2 aliphatic rings. The minimum atomic E-state index is -1.27. The van der Waals surface area contributed by atoms with E-state index in [-0.39, 0.29) is 0 Å². The Morgan fingerprint density at radius 3 is 2.50 bits per heavy atom. The van der Waals surface area contributed by atoms with Gasteiger partial charge in [0.05, 0.1) is 6.42 Å². The molecular weight excluding hydrogens is 262 g/mol. The van der Waals surface area contributed by atoms with Crippen molar-refractivity contribution < 1.29 is 19.5 Å². The summed E-state index contributed by atoms with van der Waals surface area (Å²) in [5.41, 5.74) is 4.95. The highest BCUT2D eigenvalue weighted by molar-refractivity contribution is 5.87. The predicted molar refractivity (Wildman–Crippen MR) is 70.7 cm³/mol. The van der Waals surface area contributed by atoms with Gasteiger partial charge < -0.3 is 21.5 Å². The monoisotopic (exact) mass is 283 g/mol. The smallest absolute Gasteiger partial charge is 0.326 e. The number of carbonyl (C=O) groups excluding carboxylic acids is 2. The van der Waals surface area contributed by atoms with Crippen molar-refractivity contribution in [3.05, 3.63) is 0 Å². The Kier molecular flexibility index (Phi) is 4.46. The summed E-state index contributed by atoms with van der Waals surface area (Å²) in [5, 5.41) is 13.9. The molecule has 2 rings (SSSR count). The summed E-state index contributed by atoms with van der Waals surface area (Å²) in [5.74, 6) is -0.0266. The Morgan fingerprint density at radius 2 is 2.00 bits per heavy atom. The maximum Gasteiger partial charge on any atom is 0.326 e. The van der Waals surface area contributed by atoms with Crippen LogP contribution in [0.5, 0.6) is 0 Å². The van der Waals surface area contributed by atoms with Crippen LogP contribution in [0.15, 0.2) is 0 Å². The number of aliphatic carboxylic acids is 1. The zero-order valence-electron chi connectivity index (χ0n) is 11.3. The fourth-order valence-electron chi connectivity index (χ4n) is 3.46. The van der Waals surface area contributed by atoms with Gasteiger partial charge in [-0.2, -0.15) is 0 Å². The van der Waals surface area contributed by atoms with Crippen molar-refractivity contribution in [1.29, 1.82) is 0 Å². The first-order chi connectivity index (χ1) is 9.45. The first-order valence-corrected chi connectivity index (χ1v) is 7.01. The maximum absolute atomic E-state index is 11.7. The first kappa shape index (κ1) is 14.6. The van der Waals surface area contributed by atoms with E-state index in [1.54, 1.807) is 0 Å². The molecule has 5 N–H and O–H groups in total. The molecule has 0 aromatic carbocycles. The number of hydrogen-bond donors (Lipinski definition) is 4. The third-order valence-corrected chi connectivity index (χ3v) is 4.42. The lowest BCUT2D eigenvalue weighted by Gasteiger charge is -2.22. The van der Waals surface area contributed by atoms with Crippen LogP contribution in [-0.4, -0.2) is 35.6 Å². The lowest BCUT2D eigenvalue weighted by Crippen LogP contribution is -2.48. The van der Waals surface area contributed by atoms with Crippen molar-refractivity contribution in [1.82, 2.24) is 10.6 Å². The van der Waals surface area contributed by atoms with E-state index >= 15 is 0 Å². The molecule has 0 aromatic heterocycles. The van der Waals surface area contributed by atoms with Crippen molar-refractivity contribution >= 4 is 17.9 Å². The van der Waals surface area contributed by atoms with Gasteiger partial charge in [0.15, 0.2) is 0 Å². The van der Waals surface area contributed by atoms with E-state index in [1.165, 1.54) is 19.3 Å². The molecule has 2 bridgehead atoms. The zero-order chi connectivity index (χ0) is 14.7. The van der Waals surface area contributed by atoms with E-state index in [9.17, 15) is 14.4 Å². The summed E-state index contributed by atoms with van der Waals surface area (Å²) < 4.78 is 0.